The summed E-state index contributed by atoms with van der Waals surface area (Å²) in [5.41, 5.74) is 0.348. The Morgan fingerprint density at radius 2 is 2.22 bits per heavy atom. The molecule has 0 bridgehead atoms. The molecule has 32 heavy (non-hydrogen) atoms. The van der Waals surface area contributed by atoms with Crippen LogP contribution in [0.25, 0.3) is 4.85 Å². The summed E-state index contributed by atoms with van der Waals surface area (Å²) >= 11 is 6.10. The number of likely N-dealkylation sites (tertiary alicyclic amines) is 1. The van der Waals surface area contributed by atoms with E-state index in [9.17, 15) is 13.6 Å². The van der Waals surface area contributed by atoms with Crippen molar-refractivity contribution in [1.82, 2.24) is 24.6 Å². The Kier molecular flexibility index (Phi) is 6.55. The number of nitrogens with zero attached hydrogens (tertiary/aromatic N) is 6. The molecule has 1 aliphatic heterocycles. The van der Waals surface area contributed by atoms with E-state index < -0.39 is 24.0 Å². The van der Waals surface area contributed by atoms with Crippen molar-refractivity contribution in [2.45, 2.75) is 45.7 Å². The van der Waals surface area contributed by atoms with Crippen molar-refractivity contribution in [2.24, 2.45) is 5.92 Å². The van der Waals surface area contributed by atoms with Crippen molar-refractivity contribution in [3.63, 3.8) is 0 Å². The molecule has 2 aromatic rings. The van der Waals surface area contributed by atoms with Gasteiger partial charge in [0.25, 0.3) is 5.92 Å². The molecule has 9 nitrogen and oxygen atoms in total. The first kappa shape index (κ1) is 23.7. The van der Waals surface area contributed by atoms with Crippen LogP contribution in [0.5, 0.6) is 5.88 Å². The molecule has 2 aromatic heterocycles. The molecule has 0 aromatic carbocycles. The predicted molar refractivity (Wildman–Crippen MR) is 114 cm³/mol. The van der Waals surface area contributed by atoms with Crippen molar-refractivity contribution >= 4 is 29.1 Å². The first-order valence-electron chi connectivity index (χ1n) is 9.94. The van der Waals surface area contributed by atoms with Gasteiger partial charge in [0, 0.05) is 27.3 Å². The first-order valence-corrected chi connectivity index (χ1v) is 10.3. The highest BCUT2D eigenvalue weighted by atomic mass is 35.5. The molecule has 1 atom stereocenters. The molecular formula is C20H24ClF2N7O2. The Morgan fingerprint density at radius 1 is 1.50 bits per heavy atom. The van der Waals surface area contributed by atoms with Gasteiger partial charge in [-0.1, -0.05) is 11.6 Å². The number of nitrogens with one attached hydrogen (secondary N) is 1. The zero-order valence-electron chi connectivity index (χ0n) is 18.2. The Hall–Kier alpha value is -3.00. The zero-order valence-corrected chi connectivity index (χ0v) is 19.0. The number of hydrogen-bond acceptors (Lipinski definition) is 6. The van der Waals surface area contributed by atoms with Crippen LogP contribution in [0.3, 0.4) is 0 Å². The van der Waals surface area contributed by atoms with Crippen LogP contribution in [0.15, 0.2) is 12.4 Å². The van der Waals surface area contributed by atoms with Crippen LogP contribution in [0, 0.1) is 19.4 Å². The smallest absolute Gasteiger partial charge is 0.319 e. The number of rotatable bonds is 6. The minimum atomic E-state index is -3.08. The quantitative estimate of drug-likeness (QED) is 0.649. The average molecular weight is 468 g/mol. The van der Waals surface area contributed by atoms with Gasteiger partial charge < -0.3 is 15.0 Å². The summed E-state index contributed by atoms with van der Waals surface area (Å²) in [6.45, 7) is 13.1. The molecule has 1 N–H and O–H groups in total. The number of aryl methyl sites for hydroxylation is 1. The summed E-state index contributed by atoms with van der Waals surface area (Å²) in [6, 6.07) is 0. The second-order valence-corrected chi connectivity index (χ2v) is 8.56. The Bertz CT molecular complexity index is 1050. The molecule has 1 aliphatic rings. The van der Waals surface area contributed by atoms with Crippen molar-refractivity contribution < 1.29 is 18.3 Å². The normalized spacial score (nSPS) is 18.2. The second kappa shape index (κ2) is 8.86. The fraction of sp³-hybridized carbons (Fsp3) is 0.550. The van der Waals surface area contributed by atoms with Crippen LogP contribution < -0.4 is 10.1 Å². The number of ether oxygens (including phenoxy) is 1. The van der Waals surface area contributed by atoms with Crippen LogP contribution in [0.4, 0.5) is 20.4 Å². The summed E-state index contributed by atoms with van der Waals surface area (Å²) < 4.78 is 35.9. The van der Waals surface area contributed by atoms with E-state index in [2.05, 4.69) is 25.2 Å². The molecule has 1 fully saturated rings. The average Bonchev–Trinajstić information content (AvgIpc) is 3.09. The van der Waals surface area contributed by atoms with Gasteiger partial charge in [0.2, 0.25) is 17.7 Å². The lowest BCUT2D eigenvalue weighted by atomic mass is 9.93. The van der Waals surface area contributed by atoms with Gasteiger partial charge in [-0.25, -0.2) is 20.3 Å². The maximum Gasteiger partial charge on any atom is 0.319 e. The van der Waals surface area contributed by atoms with Crippen LogP contribution in [0.1, 0.15) is 32.9 Å². The minimum absolute atomic E-state index is 0.0273. The zero-order chi connectivity index (χ0) is 23.7. The molecule has 3 heterocycles. The van der Waals surface area contributed by atoms with Crippen molar-refractivity contribution in [3.05, 3.63) is 34.5 Å². The SMILES string of the molecule is [C-]#[N+]C(C)(C)n1cc(Nc2ncc(Cl)c(OCC3CCN(C(C)=O)CC3(F)F)n2)c(C)n1. The summed E-state index contributed by atoms with van der Waals surface area (Å²) in [5, 5.41) is 7.41. The van der Waals surface area contributed by atoms with Crippen molar-refractivity contribution in [2.75, 3.05) is 25.0 Å². The molecule has 1 saturated heterocycles. The highest BCUT2D eigenvalue weighted by Gasteiger charge is 2.45. The molecule has 0 radical (unpaired) electrons. The maximum absolute atomic E-state index is 14.4. The molecule has 172 valence electrons. The minimum Gasteiger partial charge on any atom is -0.476 e. The predicted octanol–water partition coefficient (Wildman–Crippen LogP) is 3.87. The van der Waals surface area contributed by atoms with Crippen molar-refractivity contribution in [3.8, 4) is 5.88 Å². The summed E-state index contributed by atoms with van der Waals surface area (Å²) in [7, 11) is 0. The van der Waals surface area contributed by atoms with Crippen molar-refractivity contribution in [1.29, 1.82) is 0 Å². The highest BCUT2D eigenvalue weighted by molar-refractivity contribution is 6.31. The molecule has 0 saturated carbocycles. The van der Waals surface area contributed by atoms with Gasteiger partial charge in [0.05, 0.1) is 42.8 Å². The Labute approximate surface area is 189 Å². The Balaban J connectivity index is 1.71. The van der Waals surface area contributed by atoms with E-state index in [1.807, 2.05) is 0 Å². The molecule has 0 aliphatic carbocycles. The standard InChI is InChI=1S/C20H24ClF2N7O2/c1-12-16(9-30(28-12)19(3,4)24-5)26-18-25-8-15(21)17(27-18)32-10-14-6-7-29(13(2)31)11-20(14,22)23/h8-9,14H,6-7,10-11H2,1-4H3,(H,25,26,27). The van der Waals surface area contributed by atoms with E-state index in [1.54, 1.807) is 27.0 Å². The number of carbonyl (C=O) groups is 1. The monoisotopic (exact) mass is 467 g/mol. The maximum atomic E-state index is 14.4. The van der Waals surface area contributed by atoms with Gasteiger partial charge >= 0.3 is 5.66 Å². The van der Waals surface area contributed by atoms with E-state index >= 15 is 0 Å². The second-order valence-electron chi connectivity index (χ2n) is 8.15. The molecule has 3 rings (SSSR count). The summed E-state index contributed by atoms with van der Waals surface area (Å²) in [5.74, 6) is -4.41. The fourth-order valence-corrected chi connectivity index (χ4v) is 3.33. The summed E-state index contributed by atoms with van der Waals surface area (Å²) in [6.07, 6.45) is 3.08. The van der Waals surface area contributed by atoms with Gasteiger partial charge in [-0.3, -0.25) is 9.64 Å². The lowest BCUT2D eigenvalue weighted by Crippen LogP contribution is -2.51. The third-order valence-corrected chi connectivity index (χ3v) is 5.56. The molecule has 12 heteroatoms. The number of alkyl halides is 2. The van der Waals surface area contributed by atoms with Crippen LogP contribution in [0.2, 0.25) is 5.02 Å². The first-order chi connectivity index (χ1) is 14.9. The lowest BCUT2D eigenvalue weighted by Gasteiger charge is -2.37. The number of carbonyl (C=O) groups excluding carboxylic acids is 1. The van der Waals surface area contributed by atoms with E-state index in [0.717, 1.165) is 4.90 Å². The van der Waals surface area contributed by atoms with Crippen LogP contribution in [-0.2, 0) is 10.5 Å². The lowest BCUT2D eigenvalue weighted by molar-refractivity contribution is -0.151. The Morgan fingerprint density at radius 3 is 2.84 bits per heavy atom. The number of anilines is 2. The largest absolute Gasteiger partial charge is 0.476 e. The number of piperidine rings is 1. The molecule has 1 amide bonds. The number of aromatic nitrogens is 4. The molecule has 1 unspecified atom stereocenters. The van der Waals surface area contributed by atoms with Gasteiger partial charge in [-0.05, 0) is 13.3 Å². The number of amides is 1. The van der Waals surface area contributed by atoms with Gasteiger partial charge in [0.1, 0.15) is 5.02 Å². The fourth-order valence-electron chi connectivity index (χ4n) is 3.19. The van der Waals surface area contributed by atoms with Gasteiger partial charge in [0.15, 0.2) is 0 Å². The van der Waals surface area contributed by atoms with Gasteiger partial charge in [-0.15, -0.1) is 0 Å². The van der Waals surface area contributed by atoms with Crippen LogP contribution in [-0.4, -0.2) is 56.2 Å². The van der Waals surface area contributed by atoms with Crippen LogP contribution >= 0.6 is 11.6 Å². The van der Waals surface area contributed by atoms with E-state index in [0.29, 0.717) is 11.4 Å². The third kappa shape index (κ3) is 5.07. The number of hydrogen-bond donors (Lipinski definition) is 1. The topological polar surface area (TPSA) is 89.5 Å². The third-order valence-electron chi connectivity index (χ3n) is 5.30. The van der Waals surface area contributed by atoms with E-state index in [1.165, 1.54) is 17.8 Å². The molecule has 0 spiro atoms. The van der Waals surface area contributed by atoms with E-state index in [-0.39, 0.29) is 42.3 Å². The van der Waals surface area contributed by atoms with Gasteiger partial charge in [-0.2, -0.15) is 14.8 Å². The summed E-state index contributed by atoms with van der Waals surface area (Å²) in [4.78, 5) is 24.4. The highest BCUT2D eigenvalue weighted by Crippen LogP contribution is 2.34. The van der Waals surface area contributed by atoms with E-state index in [4.69, 9.17) is 22.9 Å². The molecular weight excluding hydrogens is 444 g/mol. The number of halogens is 3.